The highest BCUT2D eigenvalue weighted by Gasteiger charge is 2.09. The first-order valence-electron chi connectivity index (χ1n) is 5.26. The molecular weight excluding hydrogens is 218 g/mol. The highest BCUT2D eigenvalue weighted by atomic mass is 16.5. The van der Waals surface area contributed by atoms with Gasteiger partial charge in [-0.3, -0.25) is 0 Å². The maximum Gasteiger partial charge on any atom is 0.180 e. The number of methoxy groups -OCH3 is 1. The molecule has 0 saturated heterocycles. The van der Waals surface area contributed by atoms with E-state index in [9.17, 15) is 0 Å². The Morgan fingerprint density at radius 2 is 2.24 bits per heavy atom. The minimum atomic E-state index is 0.460. The molecule has 1 N–H and O–H groups in total. The molecule has 0 bridgehead atoms. The van der Waals surface area contributed by atoms with Gasteiger partial charge in [-0.05, 0) is 0 Å². The predicted octanol–water partition coefficient (Wildman–Crippen LogP) is 1.07. The van der Waals surface area contributed by atoms with E-state index in [2.05, 4.69) is 20.3 Å². The third-order valence-electron chi connectivity index (χ3n) is 2.37. The number of ether oxygens (including phenoxy) is 1. The molecule has 0 atom stereocenters. The Labute approximate surface area is 99.7 Å². The van der Waals surface area contributed by atoms with Crippen molar-refractivity contribution in [1.29, 1.82) is 0 Å². The largest absolute Gasteiger partial charge is 0.378 e. The number of aryl methyl sites for hydroxylation is 1. The zero-order valence-electron chi connectivity index (χ0n) is 10.1. The molecule has 6 heteroatoms. The minimum absolute atomic E-state index is 0.460. The van der Waals surface area contributed by atoms with Crippen LogP contribution in [0.25, 0.3) is 11.5 Å². The summed E-state index contributed by atoms with van der Waals surface area (Å²) in [6.45, 7) is 0.460. The number of anilines is 1. The van der Waals surface area contributed by atoms with Gasteiger partial charge < -0.3 is 14.6 Å². The minimum Gasteiger partial charge on any atom is -0.378 e. The fraction of sp³-hybridized carbons (Fsp3) is 0.364. The molecule has 6 nitrogen and oxygen atoms in total. The Hall–Kier alpha value is -1.95. The smallest absolute Gasteiger partial charge is 0.180 e. The fourth-order valence-electron chi connectivity index (χ4n) is 1.53. The molecule has 0 aliphatic heterocycles. The van der Waals surface area contributed by atoms with Crippen molar-refractivity contribution in [2.45, 2.75) is 6.61 Å². The molecule has 0 unspecified atom stereocenters. The van der Waals surface area contributed by atoms with Crippen molar-refractivity contribution in [3.63, 3.8) is 0 Å². The molecule has 2 aromatic heterocycles. The molecule has 0 aliphatic rings. The van der Waals surface area contributed by atoms with Crippen molar-refractivity contribution in [2.24, 2.45) is 7.05 Å². The second-order valence-corrected chi connectivity index (χ2v) is 3.64. The van der Waals surface area contributed by atoms with E-state index in [1.54, 1.807) is 19.6 Å². The average Bonchev–Trinajstić information content (AvgIpc) is 2.75. The van der Waals surface area contributed by atoms with E-state index in [4.69, 9.17) is 4.74 Å². The lowest BCUT2D eigenvalue weighted by atomic mass is 10.3. The number of aromatic nitrogens is 4. The number of nitrogens with one attached hydrogen (secondary N) is 1. The van der Waals surface area contributed by atoms with Crippen molar-refractivity contribution in [3.05, 3.63) is 24.3 Å². The summed E-state index contributed by atoms with van der Waals surface area (Å²) in [7, 11) is 5.38. The summed E-state index contributed by atoms with van der Waals surface area (Å²) >= 11 is 0. The monoisotopic (exact) mass is 233 g/mol. The zero-order valence-corrected chi connectivity index (χ0v) is 10.1. The van der Waals surface area contributed by atoms with Gasteiger partial charge in [-0.25, -0.2) is 15.0 Å². The van der Waals surface area contributed by atoms with E-state index in [-0.39, 0.29) is 0 Å². The lowest BCUT2D eigenvalue weighted by Crippen LogP contribution is -2.03. The van der Waals surface area contributed by atoms with E-state index in [1.165, 1.54) is 0 Å². The number of nitrogens with zero attached hydrogens (tertiary/aromatic N) is 4. The fourth-order valence-corrected chi connectivity index (χ4v) is 1.53. The Balaban J connectivity index is 2.46. The predicted molar refractivity (Wildman–Crippen MR) is 64.5 cm³/mol. The summed E-state index contributed by atoms with van der Waals surface area (Å²) in [4.78, 5) is 12.9. The van der Waals surface area contributed by atoms with Crippen LogP contribution in [0.15, 0.2) is 18.6 Å². The Morgan fingerprint density at radius 1 is 1.41 bits per heavy atom. The molecule has 2 aromatic rings. The van der Waals surface area contributed by atoms with E-state index >= 15 is 0 Å². The first-order chi connectivity index (χ1) is 8.24. The van der Waals surface area contributed by atoms with E-state index < -0.39 is 0 Å². The molecule has 0 amide bonds. The van der Waals surface area contributed by atoms with Crippen LogP contribution >= 0.6 is 0 Å². The van der Waals surface area contributed by atoms with Crippen LogP contribution in [0.4, 0.5) is 5.82 Å². The van der Waals surface area contributed by atoms with Crippen molar-refractivity contribution >= 4 is 5.82 Å². The van der Waals surface area contributed by atoms with Gasteiger partial charge >= 0.3 is 0 Å². The van der Waals surface area contributed by atoms with E-state index in [1.807, 2.05) is 24.7 Å². The van der Waals surface area contributed by atoms with Crippen molar-refractivity contribution in [1.82, 2.24) is 19.5 Å². The normalized spacial score (nSPS) is 10.5. The maximum absolute atomic E-state index is 5.09. The van der Waals surface area contributed by atoms with Gasteiger partial charge in [-0.2, -0.15) is 0 Å². The highest BCUT2D eigenvalue weighted by Crippen LogP contribution is 2.17. The van der Waals surface area contributed by atoms with Crippen LogP contribution in [0.5, 0.6) is 0 Å². The Kier molecular flexibility index (Phi) is 3.34. The maximum atomic E-state index is 5.09. The summed E-state index contributed by atoms with van der Waals surface area (Å²) < 4.78 is 6.97. The third kappa shape index (κ3) is 2.42. The summed E-state index contributed by atoms with van der Waals surface area (Å²) in [6.07, 6.45) is 3.46. The van der Waals surface area contributed by atoms with Crippen LogP contribution in [0, 0.1) is 0 Å². The van der Waals surface area contributed by atoms with Gasteiger partial charge in [0.05, 0.1) is 24.8 Å². The molecule has 0 fully saturated rings. The van der Waals surface area contributed by atoms with Crippen molar-refractivity contribution in [3.8, 4) is 11.5 Å². The van der Waals surface area contributed by atoms with Crippen LogP contribution < -0.4 is 5.32 Å². The van der Waals surface area contributed by atoms with Crippen LogP contribution in [0.2, 0.25) is 0 Å². The number of hydrogen-bond donors (Lipinski definition) is 1. The van der Waals surface area contributed by atoms with Gasteiger partial charge in [0.2, 0.25) is 0 Å². The standard InChI is InChI=1S/C11H15N5O/c1-12-10-4-8(6-17-3)14-11(15-10)9-5-13-7-16(9)2/h4-5,7H,6H2,1-3H3,(H,12,14,15). The van der Waals surface area contributed by atoms with Crippen LogP contribution in [0.1, 0.15) is 5.69 Å². The third-order valence-corrected chi connectivity index (χ3v) is 2.37. The summed E-state index contributed by atoms with van der Waals surface area (Å²) in [5, 5.41) is 3.01. The first kappa shape index (κ1) is 11.5. The summed E-state index contributed by atoms with van der Waals surface area (Å²) in [6, 6.07) is 1.86. The summed E-state index contributed by atoms with van der Waals surface area (Å²) in [5.74, 6) is 1.41. The second kappa shape index (κ2) is 4.92. The average molecular weight is 233 g/mol. The lowest BCUT2D eigenvalue weighted by Gasteiger charge is -2.07. The Bertz CT molecular complexity index is 508. The topological polar surface area (TPSA) is 64.9 Å². The molecule has 2 heterocycles. The number of rotatable bonds is 4. The second-order valence-electron chi connectivity index (χ2n) is 3.64. The zero-order chi connectivity index (χ0) is 12.3. The number of hydrogen-bond acceptors (Lipinski definition) is 5. The van der Waals surface area contributed by atoms with Crippen molar-refractivity contribution in [2.75, 3.05) is 19.5 Å². The highest BCUT2D eigenvalue weighted by molar-refractivity contribution is 5.52. The Morgan fingerprint density at radius 3 is 2.82 bits per heavy atom. The van der Waals surface area contributed by atoms with E-state index in [0.29, 0.717) is 12.4 Å². The molecule has 0 saturated carbocycles. The molecule has 90 valence electrons. The molecule has 0 radical (unpaired) electrons. The molecule has 2 rings (SSSR count). The quantitative estimate of drug-likeness (QED) is 0.855. The number of imidazole rings is 1. The molecule has 0 spiro atoms. The van der Waals surface area contributed by atoms with E-state index in [0.717, 1.165) is 17.2 Å². The van der Waals surface area contributed by atoms with Crippen LogP contribution in [0.3, 0.4) is 0 Å². The van der Waals surface area contributed by atoms with Gasteiger partial charge in [0.15, 0.2) is 5.82 Å². The SMILES string of the molecule is CNc1cc(COC)nc(-c2cncn2C)n1. The molecule has 0 aromatic carbocycles. The van der Waals surface area contributed by atoms with Gasteiger partial charge in [0, 0.05) is 27.3 Å². The van der Waals surface area contributed by atoms with Crippen LogP contribution in [-0.2, 0) is 18.4 Å². The van der Waals surface area contributed by atoms with Gasteiger partial charge in [-0.15, -0.1) is 0 Å². The molecule has 17 heavy (non-hydrogen) atoms. The van der Waals surface area contributed by atoms with Gasteiger partial charge in [-0.1, -0.05) is 0 Å². The lowest BCUT2D eigenvalue weighted by molar-refractivity contribution is 0.181. The summed E-state index contributed by atoms with van der Waals surface area (Å²) in [5.41, 5.74) is 1.71. The van der Waals surface area contributed by atoms with Crippen LogP contribution in [-0.4, -0.2) is 33.7 Å². The first-order valence-corrected chi connectivity index (χ1v) is 5.26. The van der Waals surface area contributed by atoms with Crippen molar-refractivity contribution < 1.29 is 4.74 Å². The van der Waals surface area contributed by atoms with Gasteiger partial charge in [0.25, 0.3) is 0 Å². The molecular formula is C11H15N5O. The molecule has 0 aliphatic carbocycles. The van der Waals surface area contributed by atoms with Gasteiger partial charge in [0.1, 0.15) is 11.5 Å².